The van der Waals surface area contributed by atoms with Crippen molar-refractivity contribution in [3.8, 4) is 5.88 Å². The molecule has 1 aliphatic rings. The maximum atomic E-state index is 12.5. The minimum absolute atomic E-state index is 0.0127. The maximum Gasteiger partial charge on any atom is 0.255 e. The van der Waals surface area contributed by atoms with Gasteiger partial charge in [-0.15, -0.1) is 5.10 Å². The van der Waals surface area contributed by atoms with Crippen LogP contribution >= 0.6 is 0 Å². The number of nitrogens with zero attached hydrogens (tertiary/aromatic N) is 4. The third-order valence-corrected chi connectivity index (χ3v) is 4.12. The van der Waals surface area contributed by atoms with Gasteiger partial charge in [0.1, 0.15) is 5.82 Å². The van der Waals surface area contributed by atoms with Gasteiger partial charge >= 0.3 is 0 Å². The summed E-state index contributed by atoms with van der Waals surface area (Å²) < 4.78 is 5.02. The second-order valence-corrected chi connectivity index (χ2v) is 5.86. The van der Waals surface area contributed by atoms with Crippen LogP contribution in [0.25, 0.3) is 0 Å². The molecule has 1 amide bonds. The minimum atomic E-state index is 0.0127. The van der Waals surface area contributed by atoms with E-state index in [0.29, 0.717) is 30.6 Å². The molecule has 0 radical (unpaired) electrons. The predicted octanol–water partition coefficient (Wildman–Crippen LogP) is 1.91. The van der Waals surface area contributed by atoms with Crippen LogP contribution in [-0.4, -0.2) is 52.2 Å². The van der Waals surface area contributed by atoms with Crippen molar-refractivity contribution in [3.63, 3.8) is 0 Å². The Kier molecular flexibility index (Phi) is 4.88. The molecule has 2 aromatic heterocycles. The number of anilines is 1. The Labute approximate surface area is 141 Å². The van der Waals surface area contributed by atoms with E-state index in [4.69, 9.17) is 4.74 Å². The molecule has 1 aliphatic heterocycles. The Morgan fingerprint density at radius 3 is 2.58 bits per heavy atom. The summed E-state index contributed by atoms with van der Waals surface area (Å²) >= 11 is 0. The zero-order chi connectivity index (χ0) is 16.9. The molecule has 3 heterocycles. The van der Waals surface area contributed by atoms with Crippen molar-refractivity contribution >= 4 is 11.7 Å². The molecule has 0 unspecified atom stereocenters. The van der Waals surface area contributed by atoms with E-state index < -0.39 is 0 Å². The normalized spacial score (nSPS) is 15.2. The number of carbonyl (C=O) groups excluding carboxylic acids is 1. The molecule has 24 heavy (non-hydrogen) atoms. The van der Waals surface area contributed by atoms with Crippen LogP contribution in [0.15, 0.2) is 30.5 Å². The lowest BCUT2D eigenvalue weighted by molar-refractivity contribution is 0.0718. The number of piperidine rings is 1. The van der Waals surface area contributed by atoms with Gasteiger partial charge in [0.05, 0.1) is 18.4 Å². The number of ether oxygens (including phenoxy) is 1. The van der Waals surface area contributed by atoms with Crippen molar-refractivity contribution in [2.75, 3.05) is 25.5 Å². The van der Waals surface area contributed by atoms with Crippen molar-refractivity contribution in [2.45, 2.75) is 25.8 Å². The first-order chi connectivity index (χ1) is 11.7. The summed E-state index contributed by atoms with van der Waals surface area (Å²) in [5, 5.41) is 11.6. The van der Waals surface area contributed by atoms with Gasteiger partial charge in [0.2, 0.25) is 5.88 Å². The molecule has 1 fully saturated rings. The quantitative estimate of drug-likeness (QED) is 0.924. The monoisotopic (exact) mass is 327 g/mol. The van der Waals surface area contributed by atoms with E-state index in [9.17, 15) is 4.79 Å². The summed E-state index contributed by atoms with van der Waals surface area (Å²) in [6.07, 6.45) is 3.32. The van der Waals surface area contributed by atoms with Gasteiger partial charge in [-0.2, -0.15) is 5.10 Å². The van der Waals surface area contributed by atoms with Crippen LogP contribution in [0.2, 0.25) is 0 Å². The average molecular weight is 327 g/mol. The van der Waals surface area contributed by atoms with Crippen molar-refractivity contribution in [2.24, 2.45) is 0 Å². The Morgan fingerprint density at radius 1 is 1.21 bits per heavy atom. The zero-order valence-corrected chi connectivity index (χ0v) is 13.9. The standard InChI is InChI=1S/C17H21N5O2/c1-12-3-5-15(21-20-12)19-14-7-9-22(10-8-14)17(23)13-4-6-16(24-2)18-11-13/h3-6,11,14H,7-10H2,1-2H3,(H,19,21). The highest BCUT2D eigenvalue weighted by Gasteiger charge is 2.24. The molecule has 1 saturated heterocycles. The smallest absolute Gasteiger partial charge is 0.255 e. The SMILES string of the molecule is COc1ccc(C(=O)N2CCC(Nc3ccc(C)nn3)CC2)cn1. The third kappa shape index (κ3) is 3.79. The van der Waals surface area contributed by atoms with Crippen molar-refractivity contribution < 1.29 is 9.53 Å². The lowest BCUT2D eigenvalue weighted by atomic mass is 10.0. The Bertz CT molecular complexity index is 679. The summed E-state index contributed by atoms with van der Waals surface area (Å²) in [5.41, 5.74) is 1.49. The van der Waals surface area contributed by atoms with Crippen LogP contribution in [0.1, 0.15) is 28.9 Å². The van der Waals surface area contributed by atoms with E-state index in [0.717, 1.165) is 24.4 Å². The third-order valence-electron chi connectivity index (χ3n) is 4.12. The van der Waals surface area contributed by atoms with E-state index in [1.807, 2.05) is 24.0 Å². The van der Waals surface area contributed by atoms with E-state index in [-0.39, 0.29) is 5.91 Å². The lowest BCUT2D eigenvalue weighted by Crippen LogP contribution is -2.42. The molecular weight excluding hydrogens is 306 g/mol. The number of aromatic nitrogens is 3. The number of hydrogen-bond acceptors (Lipinski definition) is 6. The van der Waals surface area contributed by atoms with Crippen LogP contribution in [0.3, 0.4) is 0 Å². The first-order valence-corrected chi connectivity index (χ1v) is 8.02. The largest absolute Gasteiger partial charge is 0.481 e. The Morgan fingerprint density at radius 2 is 2.00 bits per heavy atom. The van der Waals surface area contributed by atoms with Gasteiger partial charge in [-0.05, 0) is 38.0 Å². The molecule has 7 nitrogen and oxygen atoms in total. The Balaban J connectivity index is 1.54. The van der Waals surface area contributed by atoms with Crippen molar-refractivity contribution in [1.82, 2.24) is 20.1 Å². The fourth-order valence-electron chi connectivity index (χ4n) is 2.72. The summed E-state index contributed by atoms with van der Waals surface area (Å²) in [4.78, 5) is 18.5. The minimum Gasteiger partial charge on any atom is -0.481 e. The zero-order valence-electron chi connectivity index (χ0n) is 13.9. The molecule has 1 N–H and O–H groups in total. The fraction of sp³-hybridized carbons (Fsp3) is 0.412. The first-order valence-electron chi connectivity index (χ1n) is 8.02. The van der Waals surface area contributed by atoms with Crippen LogP contribution < -0.4 is 10.1 Å². The Hall–Kier alpha value is -2.70. The number of rotatable bonds is 4. The first kappa shape index (κ1) is 16.2. The van der Waals surface area contributed by atoms with E-state index in [1.54, 1.807) is 25.4 Å². The molecule has 2 aromatic rings. The number of hydrogen-bond donors (Lipinski definition) is 1. The molecular formula is C17H21N5O2. The second kappa shape index (κ2) is 7.25. The van der Waals surface area contributed by atoms with E-state index in [2.05, 4.69) is 20.5 Å². The molecule has 7 heteroatoms. The van der Waals surface area contributed by atoms with Crippen LogP contribution in [0, 0.1) is 6.92 Å². The van der Waals surface area contributed by atoms with Gasteiger partial charge in [-0.3, -0.25) is 4.79 Å². The van der Waals surface area contributed by atoms with Gasteiger partial charge in [0, 0.05) is 31.4 Å². The van der Waals surface area contributed by atoms with Crippen molar-refractivity contribution in [3.05, 3.63) is 41.7 Å². The number of carbonyl (C=O) groups is 1. The van der Waals surface area contributed by atoms with Crippen LogP contribution in [0.5, 0.6) is 5.88 Å². The van der Waals surface area contributed by atoms with Gasteiger partial charge in [-0.1, -0.05) is 0 Å². The molecule has 0 bridgehead atoms. The molecule has 3 rings (SSSR count). The fourth-order valence-corrected chi connectivity index (χ4v) is 2.72. The van der Waals surface area contributed by atoms with Gasteiger partial charge in [0.15, 0.2) is 0 Å². The number of methoxy groups -OCH3 is 1. The maximum absolute atomic E-state index is 12.5. The molecule has 0 aliphatic carbocycles. The van der Waals surface area contributed by atoms with Gasteiger partial charge < -0.3 is 15.0 Å². The predicted molar refractivity (Wildman–Crippen MR) is 90.1 cm³/mol. The molecule has 0 spiro atoms. The van der Waals surface area contributed by atoms with Gasteiger partial charge in [0.25, 0.3) is 5.91 Å². The number of amides is 1. The highest BCUT2D eigenvalue weighted by molar-refractivity contribution is 5.94. The second-order valence-electron chi connectivity index (χ2n) is 5.86. The number of nitrogens with one attached hydrogen (secondary N) is 1. The average Bonchev–Trinajstić information content (AvgIpc) is 2.64. The number of aryl methyl sites for hydroxylation is 1. The topological polar surface area (TPSA) is 80.2 Å². The summed E-state index contributed by atoms with van der Waals surface area (Å²) in [5.74, 6) is 1.30. The summed E-state index contributed by atoms with van der Waals surface area (Å²) in [6.45, 7) is 3.33. The highest BCUT2D eigenvalue weighted by atomic mass is 16.5. The van der Waals surface area contributed by atoms with E-state index in [1.165, 1.54) is 0 Å². The molecule has 0 saturated carbocycles. The molecule has 126 valence electrons. The number of likely N-dealkylation sites (tertiary alicyclic amines) is 1. The molecule has 0 aromatic carbocycles. The van der Waals surface area contributed by atoms with Gasteiger partial charge in [-0.25, -0.2) is 4.98 Å². The summed E-state index contributed by atoms with van der Waals surface area (Å²) in [6, 6.07) is 7.63. The number of pyridine rings is 1. The van der Waals surface area contributed by atoms with Crippen molar-refractivity contribution in [1.29, 1.82) is 0 Å². The molecule has 0 atom stereocenters. The van der Waals surface area contributed by atoms with Crippen LogP contribution in [-0.2, 0) is 0 Å². The van der Waals surface area contributed by atoms with Crippen LogP contribution in [0.4, 0.5) is 5.82 Å². The lowest BCUT2D eigenvalue weighted by Gasteiger charge is -2.32. The highest BCUT2D eigenvalue weighted by Crippen LogP contribution is 2.17. The van der Waals surface area contributed by atoms with E-state index >= 15 is 0 Å². The summed E-state index contributed by atoms with van der Waals surface area (Å²) in [7, 11) is 1.56.